The van der Waals surface area contributed by atoms with Gasteiger partial charge in [-0.05, 0) is 41.8 Å². The molecule has 0 spiro atoms. The summed E-state index contributed by atoms with van der Waals surface area (Å²) in [5.74, 6) is 1.34. The van der Waals surface area contributed by atoms with Crippen LogP contribution in [0, 0.1) is 5.82 Å². The van der Waals surface area contributed by atoms with Crippen LogP contribution < -0.4 is 20.1 Å². The van der Waals surface area contributed by atoms with Gasteiger partial charge in [0.05, 0.1) is 50.3 Å². The maximum Gasteiger partial charge on any atom is 0.230 e. The number of halogens is 1. The highest BCUT2D eigenvalue weighted by atomic mass is 32.2. The maximum absolute atomic E-state index is 13.9. The number of nitrogens with one attached hydrogen (secondary N) is 3. The molecule has 0 atom stereocenters. The summed E-state index contributed by atoms with van der Waals surface area (Å²) in [5, 5.41) is 31.1. The van der Waals surface area contributed by atoms with Gasteiger partial charge in [-0.25, -0.2) is 4.39 Å². The van der Waals surface area contributed by atoms with E-state index < -0.39 is 0 Å². The Hall–Kier alpha value is -4.49. The number of hydrogen-bond donors (Lipinski definition) is 5. The van der Waals surface area contributed by atoms with Gasteiger partial charge in [0.2, 0.25) is 11.8 Å². The second-order valence-electron chi connectivity index (χ2n) is 9.48. The SMILES string of the molecule is COc1cc2cc3c(Nc4cccc(F)c4)n(CCOCCNC(=O)CSc4cc(O)n(C)c4O)[nH]c-3c2cc1OC. The van der Waals surface area contributed by atoms with E-state index in [1.807, 2.05) is 22.9 Å². The standard InChI is InChI=1S/C29H32FN5O6S/c1-34-26(37)15-24(29(34)38)42-16-25(36)31-7-9-41-10-8-35-28(32-19-6-4-5-18(30)13-19)21-11-17-12-22(39-2)23(40-3)14-20(17)27(21)33-35/h4-6,11-15,32-33,37-38H,7-10,16H2,1-3H3,(H,31,36). The van der Waals surface area contributed by atoms with E-state index >= 15 is 0 Å². The highest BCUT2D eigenvalue weighted by molar-refractivity contribution is 8.00. The third-order valence-electron chi connectivity index (χ3n) is 6.78. The molecule has 42 heavy (non-hydrogen) atoms. The van der Waals surface area contributed by atoms with E-state index in [-0.39, 0.29) is 29.2 Å². The lowest BCUT2D eigenvalue weighted by molar-refractivity contribution is -0.118. The van der Waals surface area contributed by atoms with Crippen molar-refractivity contribution in [2.24, 2.45) is 7.05 Å². The van der Waals surface area contributed by atoms with E-state index in [0.29, 0.717) is 48.4 Å². The maximum atomic E-state index is 13.9. The number of fused-ring (bicyclic) bond motifs is 3. The summed E-state index contributed by atoms with van der Waals surface area (Å²) < 4.78 is 33.8. The van der Waals surface area contributed by atoms with Crippen LogP contribution in [0.2, 0.25) is 0 Å². The van der Waals surface area contributed by atoms with Crippen LogP contribution in [-0.4, -0.2) is 70.2 Å². The molecule has 1 amide bonds. The minimum Gasteiger partial charge on any atom is -0.494 e. The van der Waals surface area contributed by atoms with Crippen LogP contribution in [0.4, 0.5) is 15.9 Å². The van der Waals surface area contributed by atoms with Crippen molar-refractivity contribution < 1.29 is 33.6 Å². The van der Waals surface area contributed by atoms with Crippen molar-refractivity contribution in [3.63, 3.8) is 0 Å². The molecule has 0 radical (unpaired) electrons. The van der Waals surface area contributed by atoms with Crippen LogP contribution >= 0.6 is 11.8 Å². The predicted molar refractivity (Wildman–Crippen MR) is 159 cm³/mol. The fourth-order valence-electron chi connectivity index (χ4n) is 4.63. The van der Waals surface area contributed by atoms with Gasteiger partial charge in [-0.15, -0.1) is 11.8 Å². The number of thioether (sulfide) groups is 1. The zero-order chi connectivity index (χ0) is 29.8. The average molecular weight is 598 g/mol. The third kappa shape index (κ3) is 6.06. The Morgan fingerprint density at radius 3 is 2.57 bits per heavy atom. The predicted octanol–water partition coefficient (Wildman–Crippen LogP) is 4.65. The molecule has 0 unspecified atom stereocenters. The Kier molecular flexibility index (Phi) is 8.69. The molecule has 11 nitrogen and oxygen atoms in total. The lowest BCUT2D eigenvalue weighted by atomic mass is 10.2. The van der Waals surface area contributed by atoms with Crippen LogP contribution in [0.3, 0.4) is 0 Å². The molecule has 1 aliphatic heterocycles. The van der Waals surface area contributed by atoms with Crippen LogP contribution in [0.5, 0.6) is 23.3 Å². The number of anilines is 2. The summed E-state index contributed by atoms with van der Waals surface area (Å²) in [6, 6.07) is 13.5. The number of ether oxygens (including phenoxy) is 3. The van der Waals surface area contributed by atoms with Crippen molar-refractivity contribution >= 4 is 39.9 Å². The molecule has 1 aliphatic carbocycles. The van der Waals surface area contributed by atoms with Gasteiger partial charge in [0.1, 0.15) is 11.6 Å². The molecule has 0 bridgehead atoms. The van der Waals surface area contributed by atoms with E-state index in [9.17, 15) is 19.4 Å². The summed E-state index contributed by atoms with van der Waals surface area (Å²) in [5.41, 5.74) is 2.39. The summed E-state index contributed by atoms with van der Waals surface area (Å²) in [6.45, 7) is 1.42. The number of hydrogen-bond acceptors (Lipinski definition) is 8. The highest BCUT2D eigenvalue weighted by Crippen LogP contribution is 2.44. The molecule has 0 saturated heterocycles. The minimum atomic E-state index is -0.344. The van der Waals surface area contributed by atoms with Gasteiger partial charge in [-0.2, -0.15) is 0 Å². The van der Waals surface area contributed by atoms with Gasteiger partial charge in [0.25, 0.3) is 0 Å². The third-order valence-corrected chi connectivity index (χ3v) is 7.80. The van der Waals surface area contributed by atoms with Crippen molar-refractivity contribution in [3.8, 4) is 34.5 Å². The number of aromatic nitrogens is 3. The number of benzene rings is 2. The average Bonchev–Trinajstić information content (AvgIpc) is 3.58. The number of aromatic amines is 1. The van der Waals surface area contributed by atoms with Crippen molar-refractivity contribution in [2.75, 3.05) is 45.0 Å². The Labute approximate surface area is 245 Å². The van der Waals surface area contributed by atoms with E-state index in [4.69, 9.17) is 14.2 Å². The van der Waals surface area contributed by atoms with Crippen molar-refractivity contribution in [1.29, 1.82) is 0 Å². The van der Waals surface area contributed by atoms with E-state index in [1.54, 1.807) is 26.4 Å². The lowest BCUT2D eigenvalue weighted by Gasteiger charge is -2.12. The monoisotopic (exact) mass is 597 g/mol. The summed E-state index contributed by atoms with van der Waals surface area (Å²) in [4.78, 5) is 12.6. The van der Waals surface area contributed by atoms with Gasteiger partial charge in [-0.3, -0.25) is 19.1 Å². The highest BCUT2D eigenvalue weighted by Gasteiger charge is 2.22. The first-order chi connectivity index (χ1) is 20.3. The van der Waals surface area contributed by atoms with Gasteiger partial charge < -0.3 is 35.1 Å². The fourth-order valence-corrected chi connectivity index (χ4v) is 5.47. The zero-order valence-electron chi connectivity index (χ0n) is 23.4. The number of H-pyrrole nitrogens is 1. The first kappa shape index (κ1) is 29.0. The van der Waals surface area contributed by atoms with Crippen LogP contribution in [-0.2, 0) is 23.1 Å². The summed E-state index contributed by atoms with van der Waals surface area (Å²) in [6.07, 6.45) is 0. The van der Waals surface area contributed by atoms with Crippen molar-refractivity contribution in [1.82, 2.24) is 19.7 Å². The zero-order valence-corrected chi connectivity index (χ0v) is 24.2. The molecule has 13 heteroatoms. The van der Waals surface area contributed by atoms with Crippen LogP contribution in [0.15, 0.2) is 53.4 Å². The van der Waals surface area contributed by atoms with E-state index in [0.717, 1.165) is 39.6 Å². The van der Waals surface area contributed by atoms with Crippen LogP contribution in [0.25, 0.3) is 22.0 Å². The van der Waals surface area contributed by atoms with E-state index in [1.165, 1.54) is 29.8 Å². The van der Waals surface area contributed by atoms with Crippen LogP contribution in [0.1, 0.15) is 0 Å². The fraction of sp³-hybridized carbons (Fsp3) is 0.276. The molecule has 0 saturated carbocycles. The van der Waals surface area contributed by atoms with Gasteiger partial charge in [0, 0.05) is 36.3 Å². The number of rotatable bonds is 13. The molecular formula is C29H32FN5O6S. The molecule has 1 aromatic heterocycles. The Morgan fingerprint density at radius 1 is 1.07 bits per heavy atom. The number of carbonyl (C=O) groups excluding carboxylic acids is 1. The van der Waals surface area contributed by atoms with Crippen molar-refractivity contribution in [3.05, 3.63) is 54.3 Å². The summed E-state index contributed by atoms with van der Waals surface area (Å²) >= 11 is 1.13. The second kappa shape index (κ2) is 12.6. The molecule has 5 rings (SSSR count). The Bertz CT molecular complexity index is 1680. The second-order valence-corrected chi connectivity index (χ2v) is 10.5. The smallest absolute Gasteiger partial charge is 0.230 e. The number of methoxy groups -OCH3 is 2. The Balaban J connectivity index is 1.22. The molecule has 2 aromatic carbocycles. The molecule has 222 valence electrons. The first-order valence-corrected chi connectivity index (χ1v) is 14.1. The Morgan fingerprint density at radius 2 is 1.86 bits per heavy atom. The van der Waals surface area contributed by atoms with E-state index in [2.05, 4.69) is 15.7 Å². The van der Waals surface area contributed by atoms with Crippen molar-refractivity contribution in [2.45, 2.75) is 11.4 Å². The number of nitrogens with zero attached hydrogens (tertiary/aromatic N) is 2. The first-order valence-electron chi connectivity index (χ1n) is 13.1. The molecule has 2 heterocycles. The summed E-state index contributed by atoms with van der Waals surface area (Å²) in [7, 11) is 4.71. The normalized spacial score (nSPS) is 11.3. The largest absolute Gasteiger partial charge is 0.494 e. The quantitative estimate of drug-likeness (QED) is 0.0978. The number of aromatic hydroxyl groups is 2. The van der Waals surface area contributed by atoms with Gasteiger partial charge in [0.15, 0.2) is 17.4 Å². The van der Waals surface area contributed by atoms with Gasteiger partial charge in [-0.1, -0.05) is 6.07 Å². The van der Waals surface area contributed by atoms with Gasteiger partial charge >= 0.3 is 0 Å². The molecule has 0 fully saturated rings. The topological polar surface area (TPSA) is 135 Å². The molecular weight excluding hydrogens is 565 g/mol. The minimum absolute atomic E-state index is 0.0784. The molecule has 5 N–H and O–H groups in total. The lowest BCUT2D eigenvalue weighted by Crippen LogP contribution is -2.29. The molecule has 3 aromatic rings. The number of amides is 1. The molecule has 2 aliphatic rings. The number of carbonyl (C=O) groups is 1.